The molecule has 0 saturated carbocycles. The molecule has 1 aromatic heterocycles. The molecular formula is C16H28N4OS. The van der Waals surface area contributed by atoms with Gasteiger partial charge in [-0.3, -0.25) is 4.79 Å². The molecular weight excluding hydrogens is 296 g/mol. The normalized spacial score (nSPS) is 17.1. The second-order valence-electron chi connectivity index (χ2n) is 6.29. The number of imidazole rings is 1. The van der Waals surface area contributed by atoms with Gasteiger partial charge in [0, 0.05) is 31.7 Å². The summed E-state index contributed by atoms with van der Waals surface area (Å²) in [5, 5.41) is 3.13. The van der Waals surface area contributed by atoms with Crippen LogP contribution in [0.4, 0.5) is 0 Å². The van der Waals surface area contributed by atoms with E-state index in [0.29, 0.717) is 11.7 Å². The number of likely N-dealkylation sites (tertiary alicyclic amines) is 1. The Kier molecular flexibility index (Phi) is 6.76. The minimum atomic E-state index is -0.0216. The van der Waals surface area contributed by atoms with E-state index < -0.39 is 0 Å². The molecule has 0 aromatic carbocycles. The average molecular weight is 324 g/mol. The SMILES string of the molecule is CC(C)C(NC(=O)CSCCN1CCCC1)c1nccn1C. The summed E-state index contributed by atoms with van der Waals surface area (Å²) in [4.78, 5) is 19.0. The number of amides is 1. The van der Waals surface area contributed by atoms with E-state index in [1.54, 1.807) is 18.0 Å². The zero-order valence-corrected chi connectivity index (χ0v) is 14.7. The van der Waals surface area contributed by atoms with Gasteiger partial charge in [0.1, 0.15) is 5.82 Å². The molecule has 1 aromatic rings. The van der Waals surface area contributed by atoms with Gasteiger partial charge in [0.05, 0.1) is 11.8 Å². The standard InChI is InChI=1S/C16H28N4OS/c1-13(2)15(16-17-6-9-19(16)3)18-14(21)12-22-11-10-20-7-4-5-8-20/h6,9,13,15H,4-5,7-8,10-12H2,1-3H3,(H,18,21). The zero-order valence-electron chi connectivity index (χ0n) is 13.9. The minimum absolute atomic E-state index is 0.0216. The Balaban J connectivity index is 1.73. The highest BCUT2D eigenvalue weighted by Crippen LogP contribution is 2.19. The predicted molar refractivity (Wildman–Crippen MR) is 91.9 cm³/mol. The Labute approximate surface area is 137 Å². The number of aryl methyl sites for hydroxylation is 1. The topological polar surface area (TPSA) is 50.2 Å². The van der Waals surface area contributed by atoms with Crippen molar-refractivity contribution in [2.45, 2.75) is 32.7 Å². The van der Waals surface area contributed by atoms with Crippen molar-refractivity contribution in [1.82, 2.24) is 19.8 Å². The lowest BCUT2D eigenvalue weighted by atomic mass is 10.0. The highest BCUT2D eigenvalue weighted by Gasteiger charge is 2.21. The van der Waals surface area contributed by atoms with E-state index in [-0.39, 0.29) is 11.9 Å². The molecule has 22 heavy (non-hydrogen) atoms. The fourth-order valence-electron chi connectivity index (χ4n) is 2.79. The first kappa shape index (κ1) is 17.3. The molecule has 1 N–H and O–H groups in total. The summed E-state index contributed by atoms with van der Waals surface area (Å²) in [6.45, 7) is 7.77. The summed E-state index contributed by atoms with van der Waals surface area (Å²) >= 11 is 1.72. The third-order valence-electron chi connectivity index (χ3n) is 4.10. The van der Waals surface area contributed by atoms with E-state index in [1.165, 1.54) is 25.9 Å². The maximum Gasteiger partial charge on any atom is 0.230 e. The molecule has 0 radical (unpaired) electrons. The van der Waals surface area contributed by atoms with Crippen molar-refractivity contribution in [3.63, 3.8) is 0 Å². The summed E-state index contributed by atoms with van der Waals surface area (Å²) in [6.07, 6.45) is 6.35. The van der Waals surface area contributed by atoms with Crippen LogP contribution in [0.3, 0.4) is 0 Å². The van der Waals surface area contributed by atoms with Crippen molar-refractivity contribution in [3.8, 4) is 0 Å². The number of carbonyl (C=O) groups is 1. The van der Waals surface area contributed by atoms with Crippen LogP contribution in [-0.2, 0) is 11.8 Å². The van der Waals surface area contributed by atoms with Crippen molar-refractivity contribution < 1.29 is 4.79 Å². The summed E-state index contributed by atoms with van der Waals surface area (Å²) in [6, 6.07) is -0.0216. The molecule has 0 bridgehead atoms. The van der Waals surface area contributed by atoms with Gasteiger partial charge in [-0.25, -0.2) is 4.98 Å². The van der Waals surface area contributed by atoms with Gasteiger partial charge in [0.2, 0.25) is 5.91 Å². The quantitative estimate of drug-likeness (QED) is 0.744. The number of nitrogens with zero attached hydrogens (tertiary/aromatic N) is 3. The van der Waals surface area contributed by atoms with Crippen LogP contribution in [0.1, 0.15) is 38.6 Å². The summed E-state index contributed by atoms with van der Waals surface area (Å²) in [7, 11) is 1.97. The maximum atomic E-state index is 12.2. The van der Waals surface area contributed by atoms with E-state index in [9.17, 15) is 4.79 Å². The summed E-state index contributed by atoms with van der Waals surface area (Å²) < 4.78 is 1.98. The zero-order chi connectivity index (χ0) is 15.9. The van der Waals surface area contributed by atoms with Crippen molar-refractivity contribution in [2.75, 3.05) is 31.1 Å². The van der Waals surface area contributed by atoms with Crippen LogP contribution < -0.4 is 5.32 Å². The van der Waals surface area contributed by atoms with Crippen molar-refractivity contribution in [3.05, 3.63) is 18.2 Å². The number of hydrogen-bond donors (Lipinski definition) is 1. The van der Waals surface area contributed by atoms with E-state index >= 15 is 0 Å². The molecule has 0 aliphatic carbocycles. The number of hydrogen-bond acceptors (Lipinski definition) is 4. The van der Waals surface area contributed by atoms with E-state index in [2.05, 4.69) is 29.0 Å². The summed E-state index contributed by atoms with van der Waals surface area (Å²) in [5.74, 6) is 2.90. The maximum absolute atomic E-state index is 12.2. The predicted octanol–water partition coefficient (Wildman–Crippen LogP) is 2.06. The first-order chi connectivity index (χ1) is 10.6. The van der Waals surface area contributed by atoms with Crippen LogP contribution in [0.15, 0.2) is 12.4 Å². The molecule has 124 valence electrons. The molecule has 1 fully saturated rings. The van der Waals surface area contributed by atoms with Gasteiger partial charge in [-0.15, -0.1) is 0 Å². The van der Waals surface area contributed by atoms with Gasteiger partial charge in [-0.2, -0.15) is 11.8 Å². The second-order valence-corrected chi connectivity index (χ2v) is 7.39. The first-order valence-corrected chi connectivity index (χ1v) is 9.30. The second kappa shape index (κ2) is 8.58. The van der Waals surface area contributed by atoms with E-state index in [4.69, 9.17) is 0 Å². The Hall–Kier alpha value is -1.01. The lowest BCUT2D eigenvalue weighted by molar-refractivity contribution is -0.119. The molecule has 2 heterocycles. The third-order valence-corrected chi connectivity index (χ3v) is 5.04. The fraction of sp³-hybridized carbons (Fsp3) is 0.750. The van der Waals surface area contributed by atoms with Crippen LogP contribution in [0.2, 0.25) is 0 Å². The van der Waals surface area contributed by atoms with Crippen LogP contribution in [0.25, 0.3) is 0 Å². The van der Waals surface area contributed by atoms with Gasteiger partial charge >= 0.3 is 0 Å². The Morgan fingerprint density at radius 2 is 2.14 bits per heavy atom. The molecule has 2 rings (SSSR count). The number of carbonyl (C=O) groups excluding carboxylic acids is 1. The lowest BCUT2D eigenvalue weighted by Crippen LogP contribution is -2.34. The molecule has 1 saturated heterocycles. The average Bonchev–Trinajstić information content (AvgIpc) is 3.12. The Morgan fingerprint density at radius 3 is 2.73 bits per heavy atom. The van der Waals surface area contributed by atoms with Crippen molar-refractivity contribution in [2.24, 2.45) is 13.0 Å². The van der Waals surface area contributed by atoms with Crippen molar-refractivity contribution in [1.29, 1.82) is 0 Å². The highest BCUT2D eigenvalue weighted by molar-refractivity contribution is 7.99. The molecule has 5 nitrogen and oxygen atoms in total. The van der Waals surface area contributed by atoms with Crippen LogP contribution in [0, 0.1) is 5.92 Å². The van der Waals surface area contributed by atoms with Crippen LogP contribution >= 0.6 is 11.8 Å². The van der Waals surface area contributed by atoms with Gasteiger partial charge in [-0.05, 0) is 31.8 Å². The van der Waals surface area contributed by atoms with Crippen LogP contribution in [-0.4, -0.2) is 51.5 Å². The fourth-order valence-corrected chi connectivity index (χ4v) is 3.59. The van der Waals surface area contributed by atoms with Gasteiger partial charge in [0.25, 0.3) is 0 Å². The summed E-state index contributed by atoms with van der Waals surface area (Å²) in [5.41, 5.74) is 0. The van der Waals surface area contributed by atoms with Gasteiger partial charge in [0.15, 0.2) is 0 Å². The monoisotopic (exact) mass is 324 g/mol. The lowest BCUT2D eigenvalue weighted by Gasteiger charge is -2.22. The molecule has 1 aliphatic rings. The molecule has 1 aliphatic heterocycles. The Bertz CT molecular complexity index is 468. The first-order valence-electron chi connectivity index (χ1n) is 8.14. The largest absolute Gasteiger partial charge is 0.345 e. The van der Waals surface area contributed by atoms with Crippen molar-refractivity contribution >= 4 is 17.7 Å². The number of nitrogens with one attached hydrogen (secondary N) is 1. The number of rotatable bonds is 8. The van der Waals surface area contributed by atoms with E-state index in [1.807, 2.05) is 17.8 Å². The molecule has 1 amide bonds. The third kappa shape index (κ3) is 5.02. The smallest absolute Gasteiger partial charge is 0.230 e. The number of thioether (sulfide) groups is 1. The molecule has 1 atom stereocenters. The minimum Gasteiger partial charge on any atom is -0.345 e. The van der Waals surface area contributed by atoms with Gasteiger partial charge in [-0.1, -0.05) is 13.8 Å². The molecule has 0 spiro atoms. The van der Waals surface area contributed by atoms with E-state index in [0.717, 1.165) is 18.1 Å². The van der Waals surface area contributed by atoms with Gasteiger partial charge < -0.3 is 14.8 Å². The highest BCUT2D eigenvalue weighted by atomic mass is 32.2. The molecule has 6 heteroatoms. The number of aromatic nitrogens is 2. The Morgan fingerprint density at radius 1 is 1.41 bits per heavy atom. The molecule has 1 unspecified atom stereocenters. The van der Waals surface area contributed by atoms with Crippen LogP contribution in [0.5, 0.6) is 0 Å².